The van der Waals surface area contributed by atoms with Gasteiger partial charge in [-0.25, -0.2) is 0 Å². The first-order valence-electron chi connectivity index (χ1n) is 5.07. The highest BCUT2D eigenvalue weighted by Gasteiger charge is 1.91. The van der Waals surface area contributed by atoms with Crippen LogP contribution in [0, 0.1) is 0 Å². The first-order chi connectivity index (χ1) is 8.15. The fraction of sp³-hybridized carbons (Fsp3) is 0.0769. The van der Waals surface area contributed by atoms with Crippen molar-refractivity contribution < 1.29 is 9.84 Å². The minimum Gasteiger partial charge on any atom is -0.506 e. The largest absolute Gasteiger partial charge is 0.506 e. The molecule has 5 N–H and O–H groups in total. The van der Waals surface area contributed by atoms with E-state index in [0.29, 0.717) is 11.4 Å². The van der Waals surface area contributed by atoms with Crippen LogP contribution in [0.4, 0.5) is 11.4 Å². The summed E-state index contributed by atoms with van der Waals surface area (Å²) in [4.78, 5) is 0. The van der Waals surface area contributed by atoms with E-state index in [4.69, 9.17) is 21.3 Å². The average Bonchev–Trinajstić information content (AvgIpc) is 2.34. The van der Waals surface area contributed by atoms with Crippen LogP contribution >= 0.6 is 0 Å². The van der Waals surface area contributed by atoms with Crippen LogP contribution in [0.15, 0.2) is 48.5 Å². The Morgan fingerprint density at radius 3 is 1.76 bits per heavy atom. The van der Waals surface area contributed by atoms with Gasteiger partial charge in [0.1, 0.15) is 11.5 Å². The summed E-state index contributed by atoms with van der Waals surface area (Å²) < 4.78 is 4.92. The Balaban J connectivity index is 0.000000171. The van der Waals surface area contributed by atoms with Crippen LogP contribution in [0.3, 0.4) is 0 Å². The maximum absolute atomic E-state index is 8.79. The molecule has 0 aromatic heterocycles. The molecule has 0 atom stereocenters. The number of anilines is 2. The molecule has 0 aliphatic rings. The van der Waals surface area contributed by atoms with Crippen LogP contribution in [0.5, 0.6) is 11.5 Å². The van der Waals surface area contributed by atoms with Gasteiger partial charge in [0, 0.05) is 0 Å². The lowest BCUT2D eigenvalue weighted by atomic mass is 10.3. The molecule has 2 rings (SSSR count). The Labute approximate surface area is 100 Å². The van der Waals surface area contributed by atoms with E-state index in [1.54, 1.807) is 37.4 Å². The number of phenols is 1. The van der Waals surface area contributed by atoms with Gasteiger partial charge in [-0.1, -0.05) is 24.3 Å². The predicted molar refractivity (Wildman–Crippen MR) is 69.9 cm³/mol. The summed E-state index contributed by atoms with van der Waals surface area (Å²) in [5.41, 5.74) is 11.9. The Morgan fingerprint density at radius 1 is 0.882 bits per heavy atom. The van der Waals surface area contributed by atoms with Crippen molar-refractivity contribution in [2.45, 2.75) is 0 Å². The highest BCUT2D eigenvalue weighted by Crippen LogP contribution is 2.18. The molecule has 0 amide bonds. The molecule has 0 bridgehead atoms. The van der Waals surface area contributed by atoms with Crippen molar-refractivity contribution >= 4 is 11.4 Å². The minimum atomic E-state index is 0.146. The maximum atomic E-state index is 8.79. The summed E-state index contributed by atoms with van der Waals surface area (Å²) in [6, 6.07) is 14.1. The van der Waals surface area contributed by atoms with Gasteiger partial charge in [-0.2, -0.15) is 0 Å². The van der Waals surface area contributed by atoms with E-state index < -0.39 is 0 Å². The molecule has 0 fully saturated rings. The van der Waals surface area contributed by atoms with Gasteiger partial charge < -0.3 is 21.3 Å². The summed E-state index contributed by atoms with van der Waals surface area (Å²) in [6.07, 6.45) is 0. The fourth-order valence-corrected chi connectivity index (χ4v) is 1.15. The Kier molecular flexibility index (Phi) is 4.69. The molecule has 0 aliphatic carbocycles. The minimum absolute atomic E-state index is 0.146. The third-order valence-electron chi connectivity index (χ3n) is 2.08. The monoisotopic (exact) mass is 232 g/mol. The Bertz CT molecular complexity index is 451. The maximum Gasteiger partial charge on any atom is 0.141 e. The number of phenolic OH excluding ortho intramolecular Hbond substituents is 1. The lowest BCUT2D eigenvalue weighted by Crippen LogP contribution is -1.89. The van der Waals surface area contributed by atoms with E-state index in [0.717, 1.165) is 5.75 Å². The molecule has 90 valence electrons. The molecule has 0 saturated carbocycles. The number of hydrogen-bond donors (Lipinski definition) is 3. The van der Waals surface area contributed by atoms with Crippen molar-refractivity contribution in [3.05, 3.63) is 48.5 Å². The van der Waals surface area contributed by atoms with Gasteiger partial charge in [-0.05, 0) is 24.3 Å². The van der Waals surface area contributed by atoms with Gasteiger partial charge in [0.25, 0.3) is 0 Å². The van der Waals surface area contributed by atoms with Crippen molar-refractivity contribution in [1.29, 1.82) is 0 Å². The fourth-order valence-electron chi connectivity index (χ4n) is 1.15. The third kappa shape index (κ3) is 3.95. The number of hydrogen-bond acceptors (Lipinski definition) is 4. The molecule has 0 radical (unpaired) electrons. The second-order valence-corrected chi connectivity index (χ2v) is 3.30. The number of methoxy groups -OCH3 is 1. The molecule has 0 spiro atoms. The molecular formula is C13H16N2O2. The molecular weight excluding hydrogens is 216 g/mol. The van der Waals surface area contributed by atoms with Gasteiger partial charge >= 0.3 is 0 Å². The standard InChI is InChI=1S/C7H9NO.C6H7NO/c1-9-7-5-3-2-4-6(7)8;7-5-3-1-2-4-6(5)8/h2-5H,8H2,1H3;1-4,8H,7H2. The zero-order valence-electron chi connectivity index (χ0n) is 9.63. The summed E-state index contributed by atoms with van der Waals surface area (Å²) in [6.45, 7) is 0. The lowest BCUT2D eigenvalue weighted by Gasteiger charge is -2.00. The number of benzene rings is 2. The number of rotatable bonds is 1. The number of aromatic hydroxyl groups is 1. The summed E-state index contributed by atoms with van der Waals surface area (Å²) >= 11 is 0. The van der Waals surface area contributed by atoms with E-state index in [2.05, 4.69) is 0 Å². The SMILES string of the molecule is COc1ccccc1N.Nc1ccccc1O. The van der Waals surface area contributed by atoms with Crippen LogP contribution in [-0.2, 0) is 0 Å². The van der Waals surface area contributed by atoms with Gasteiger partial charge in [0.15, 0.2) is 0 Å². The molecule has 0 heterocycles. The molecule has 0 aliphatic heterocycles. The molecule has 4 heteroatoms. The molecule has 0 unspecified atom stereocenters. The van der Waals surface area contributed by atoms with Crippen molar-refractivity contribution in [1.82, 2.24) is 0 Å². The summed E-state index contributed by atoms with van der Waals surface area (Å²) in [7, 11) is 1.60. The average molecular weight is 232 g/mol. The second-order valence-electron chi connectivity index (χ2n) is 3.30. The van der Waals surface area contributed by atoms with Gasteiger partial charge in [0.2, 0.25) is 0 Å². The smallest absolute Gasteiger partial charge is 0.141 e. The van der Waals surface area contributed by atoms with Crippen LogP contribution in [0.2, 0.25) is 0 Å². The molecule has 0 saturated heterocycles. The molecule has 2 aromatic carbocycles. The normalized spacial score (nSPS) is 9.00. The van der Waals surface area contributed by atoms with Gasteiger partial charge in [-0.15, -0.1) is 0 Å². The molecule has 17 heavy (non-hydrogen) atoms. The highest BCUT2D eigenvalue weighted by molar-refractivity contribution is 5.51. The number of para-hydroxylation sites is 4. The zero-order valence-corrected chi connectivity index (χ0v) is 9.63. The van der Waals surface area contributed by atoms with E-state index in [-0.39, 0.29) is 5.75 Å². The van der Waals surface area contributed by atoms with Crippen molar-refractivity contribution in [3.8, 4) is 11.5 Å². The number of ether oxygens (including phenoxy) is 1. The van der Waals surface area contributed by atoms with E-state index >= 15 is 0 Å². The third-order valence-corrected chi connectivity index (χ3v) is 2.08. The predicted octanol–water partition coefficient (Wildman–Crippen LogP) is 2.25. The Morgan fingerprint density at radius 2 is 1.41 bits per heavy atom. The molecule has 2 aromatic rings. The van der Waals surface area contributed by atoms with Crippen LogP contribution in [0.25, 0.3) is 0 Å². The Hall–Kier alpha value is -2.36. The molecule has 4 nitrogen and oxygen atoms in total. The zero-order chi connectivity index (χ0) is 12.7. The van der Waals surface area contributed by atoms with Crippen LogP contribution < -0.4 is 16.2 Å². The summed E-state index contributed by atoms with van der Waals surface area (Å²) in [5.74, 6) is 0.880. The first-order valence-corrected chi connectivity index (χ1v) is 5.07. The van der Waals surface area contributed by atoms with E-state index in [1.165, 1.54) is 0 Å². The number of nitrogens with two attached hydrogens (primary N) is 2. The topological polar surface area (TPSA) is 81.5 Å². The van der Waals surface area contributed by atoms with Crippen molar-refractivity contribution in [2.75, 3.05) is 18.6 Å². The van der Waals surface area contributed by atoms with Gasteiger partial charge in [0.05, 0.1) is 18.5 Å². The van der Waals surface area contributed by atoms with Gasteiger partial charge in [-0.3, -0.25) is 0 Å². The van der Waals surface area contributed by atoms with Crippen LogP contribution in [-0.4, -0.2) is 12.2 Å². The first kappa shape index (κ1) is 12.7. The van der Waals surface area contributed by atoms with E-state index in [9.17, 15) is 0 Å². The quantitative estimate of drug-likeness (QED) is 0.520. The number of nitrogen functional groups attached to an aromatic ring is 2. The summed E-state index contributed by atoms with van der Waals surface area (Å²) in [5, 5.41) is 8.79. The van der Waals surface area contributed by atoms with Crippen molar-refractivity contribution in [3.63, 3.8) is 0 Å². The van der Waals surface area contributed by atoms with Crippen LogP contribution in [0.1, 0.15) is 0 Å². The highest BCUT2D eigenvalue weighted by atomic mass is 16.5. The van der Waals surface area contributed by atoms with E-state index in [1.807, 2.05) is 18.2 Å². The van der Waals surface area contributed by atoms with Crippen molar-refractivity contribution in [2.24, 2.45) is 0 Å². The lowest BCUT2D eigenvalue weighted by molar-refractivity contribution is 0.417. The second kappa shape index (κ2) is 6.27.